The fourth-order valence-electron chi connectivity index (χ4n) is 2.71. The summed E-state index contributed by atoms with van der Waals surface area (Å²) in [7, 11) is 0. The molecule has 27 heavy (non-hydrogen) atoms. The summed E-state index contributed by atoms with van der Waals surface area (Å²) in [6.45, 7) is 2.38. The maximum Gasteiger partial charge on any atom is 0.327 e. The summed E-state index contributed by atoms with van der Waals surface area (Å²) in [5.41, 5.74) is 1.30. The lowest BCUT2D eigenvalue weighted by atomic mass is 10.1. The van der Waals surface area contributed by atoms with Crippen LogP contribution in [0.2, 0.25) is 0 Å². The molecule has 0 aliphatic heterocycles. The van der Waals surface area contributed by atoms with E-state index in [1.807, 2.05) is 36.4 Å². The van der Waals surface area contributed by atoms with Crippen LogP contribution in [0.4, 0.5) is 0 Å². The van der Waals surface area contributed by atoms with Crippen LogP contribution in [-0.4, -0.2) is 22.4 Å². The van der Waals surface area contributed by atoms with Crippen molar-refractivity contribution in [3.8, 4) is 0 Å². The van der Waals surface area contributed by atoms with Crippen molar-refractivity contribution in [2.24, 2.45) is 0 Å². The standard InChI is InChI=1S/C20H19BrN2O4/c1-2-27-19(24)11-23-20(25)16-9-8-15(21)10-17(16)18(22-23)13-26-12-14-6-4-3-5-7-14/h3-10H,2,11-13H2,1H3. The summed E-state index contributed by atoms with van der Waals surface area (Å²) >= 11 is 3.42. The van der Waals surface area contributed by atoms with Crippen molar-refractivity contribution in [2.45, 2.75) is 26.7 Å². The number of rotatable bonds is 7. The van der Waals surface area contributed by atoms with Gasteiger partial charge in [0.25, 0.3) is 5.56 Å². The van der Waals surface area contributed by atoms with Gasteiger partial charge in [-0.15, -0.1) is 0 Å². The number of esters is 1. The Kier molecular flexibility index (Phi) is 6.36. The van der Waals surface area contributed by atoms with Crippen LogP contribution in [0.3, 0.4) is 0 Å². The first-order valence-corrected chi connectivity index (χ1v) is 9.34. The normalized spacial score (nSPS) is 10.9. The van der Waals surface area contributed by atoms with Crippen LogP contribution < -0.4 is 5.56 Å². The highest BCUT2D eigenvalue weighted by molar-refractivity contribution is 9.10. The fourth-order valence-corrected chi connectivity index (χ4v) is 3.07. The van der Waals surface area contributed by atoms with E-state index in [9.17, 15) is 9.59 Å². The highest BCUT2D eigenvalue weighted by Gasteiger charge is 2.14. The van der Waals surface area contributed by atoms with Gasteiger partial charge in [0, 0.05) is 9.86 Å². The largest absolute Gasteiger partial charge is 0.465 e. The van der Waals surface area contributed by atoms with Gasteiger partial charge in [-0.3, -0.25) is 9.59 Å². The van der Waals surface area contributed by atoms with E-state index < -0.39 is 5.97 Å². The van der Waals surface area contributed by atoms with Crippen LogP contribution in [0, 0.1) is 0 Å². The van der Waals surface area contributed by atoms with E-state index in [2.05, 4.69) is 21.0 Å². The summed E-state index contributed by atoms with van der Waals surface area (Å²) < 4.78 is 12.7. The zero-order chi connectivity index (χ0) is 19.2. The van der Waals surface area contributed by atoms with Gasteiger partial charge in [0.2, 0.25) is 0 Å². The van der Waals surface area contributed by atoms with Gasteiger partial charge in [-0.1, -0.05) is 46.3 Å². The van der Waals surface area contributed by atoms with Crippen LogP contribution >= 0.6 is 15.9 Å². The highest BCUT2D eigenvalue weighted by atomic mass is 79.9. The Hall–Kier alpha value is -2.51. The number of carbonyl (C=O) groups excluding carboxylic acids is 1. The van der Waals surface area contributed by atoms with Gasteiger partial charge in [0.1, 0.15) is 6.54 Å². The van der Waals surface area contributed by atoms with Crippen LogP contribution in [0.15, 0.2) is 57.8 Å². The van der Waals surface area contributed by atoms with Crippen LogP contribution in [0.25, 0.3) is 10.8 Å². The molecule has 0 aliphatic rings. The van der Waals surface area contributed by atoms with Crippen molar-refractivity contribution in [3.05, 3.63) is 74.6 Å². The van der Waals surface area contributed by atoms with Crippen molar-refractivity contribution in [1.29, 1.82) is 0 Å². The predicted octanol–water partition coefficient (Wildman–Crippen LogP) is 3.44. The molecule has 3 aromatic rings. The third-order valence-corrected chi connectivity index (χ3v) is 4.43. The molecule has 1 heterocycles. The summed E-state index contributed by atoms with van der Waals surface area (Å²) in [6, 6.07) is 15.1. The molecule has 0 unspecified atom stereocenters. The Bertz CT molecular complexity index is 1000. The van der Waals surface area contributed by atoms with E-state index >= 15 is 0 Å². The summed E-state index contributed by atoms with van der Waals surface area (Å²) in [5.74, 6) is -0.500. The molecule has 0 aliphatic carbocycles. The van der Waals surface area contributed by atoms with Crippen molar-refractivity contribution >= 4 is 32.7 Å². The second-order valence-corrected chi connectivity index (χ2v) is 6.80. The molecule has 2 aromatic carbocycles. The average Bonchev–Trinajstić information content (AvgIpc) is 2.66. The minimum atomic E-state index is -0.500. The number of ether oxygens (including phenoxy) is 2. The molecule has 0 saturated carbocycles. The van der Waals surface area contributed by atoms with Gasteiger partial charge in [-0.05, 0) is 30.7 Å². The molecule has 140 valence electrons. The fraction of sp³-hybridized carbons (Fsp3) is 0.250. The maximum atomic E-state index is 12.7. The number of benzene rings is 2. The Morgan fingerprint density at radius 1 is 1.11 bits per heavy atom. The molecule has 0 N–H and O–H groups in total. The zero-order valence-corrected chi connectivity index (χ0v) is 16.4. The van der Waals surface area contributed by atoms with E-state index in [1.54, 1.807) is 19.1 Å². The summed E-state index contributed by atoms with van der Waals surface area (Å²) in [5, 5.41) is 5.53. The lowest BCUT2D eigenvalue weighted by Crippen LogP contribution is -2.29. The van der Waals surface area contributed by atoms with E-state index in [0.717, 1.165) is 14.7 Å². The third kappa shape index (κ3) is 4.81. The monoisotopic (exact) mass is 430 g/mol. The number of halogens is 1. The van der Waals surface area contributed by atoms with Crippen LogP contribution in [-0.2, 0) is 34.0 Å². The van der Waals surface area contributed by atoms with Crippen LogP contribution in [0.5, 0.6) is 0 Å². The second kappa shape index (κ2) is 8.92. The van der Waals surface area contributed by atoms with Crippen molar-refractivity contribution in [2.75, 3.05) is 6.61 Å². The Morgan fingerprint density at radius 3 is 2.63 bits per heavy atom. The molecule has 0 bridgehead atoms. The first kappa shape index (κ1) is 19.3. The van der Waals surface area contributed by atoms with Gasteiger partial charge in [0.05, 0.1) is 30.9 Å². The number of nitrogens with zero attached hydrogens (tertiary/aromatic N) is 2. The number of fused-ring (bicyclic) bond motifs is 1. The molecule has 0 fully saturated rings. The van der Waals surface area contributed by atoms with E-state index in [0.29, 0.717) is 23.1 Å². The van der Waals surface area contributed by atoms with Crippen molar-refractivity contribution in [1.82, 2.24) is 9.78 Å². The molecule has 0 radical (unpaired) electrons. The third-order valence-electron chi connectivity index (χ3n) is 3.93. The predicted molar refractivity (Wildman–Crippen MR) is 105 cm³/mol. The average molecular weight is 431 g/mol. The molecule has 0 spiro atoms. The zero-order valence-electron chi connectivity index (χ0n) is 14.9. The maximum absolute atomic E-state index is 12.7. The number of carbonyl (C=O) groups is 1. The molecule has 0 atom stereocenters. The van der Waals surface area contributed by atoms with Gasteiger partial charge >= 0.3 is 5.97 Å². The minimum Gasteiger partial charge on any atom is -0.465 e. The van der Waals surface area contributed by atoms with Gasteiger partial charge < -0.3 is 9.47 Å². The topological polar surface area (TPSA) is 70.4 Å². The van der Waals surface area contributed by atoms with Gasteiger partial charge in [-0.25, -0.2) is 4.68 Å². The summed E-state index contributed by atoms with van der Waals surface area (Å²) in [4.78, 5) is 24.5. The Balaban J connectivity index is 1.91. The van der Waals surface area contributed by atoms with Gasteiger partial charge in [-0.2, -0.15) is 5.10 Å². The number of aromatic nitrogens is 2. The number of hydrogen-bond acceptors (Lipinski definition) is 5. The summed E-state index contributed by atoms with van der Waals surface area (Å²) in [6.07, 6.45) is 0. The molecular weight excluding hydrogens is 412 g/mol. The van der Waals surface area contributed by atoms with Crippen molar-refractivity contribution in [3.63, 3.8) is 0 Å². The minimum absolute atomic E-state index is 0.213. The van der Waals surface area contributed by atoms with Crippen LogP contribution in [0.1, 0.15) is 18.2 Å². The first-order chi connectivity index (χ1) is 13.1. The second-order valence-electron chi connectivity index (χ2n) is 5.88. The molecule has 3 rings (SSSR count). The Morgan fingerprint density at radius 2 is 1.89 bits per heavy atom. The first-order valence-electron chi connectivity index (χ1n) is 8.55. The highest BCUT2D eigenvalue weighted by Crippen LogP contribution is 2.20. The molecule has 0 amide bonds. The van der Waals surface area contributed by atoms with E-state index in [-0.39, 0.29) is 25.3 Å². The molecule has 7 heteroatoms. The molecule has 1 aromatic heterocycles. The Labute approximate surface area is 164 Å². The van der Waals surface area contributed by atoms with E-state index in [1.165, 1.54) is 0 Å². The number of hydrogen-bond donors (Lipinski definition) is 0. The lowest BCUT2D eigenvalue weighted by Gasteiger charge is -2.11. The molecule has 6 nitrogen and oxygen atoms in total. The quantitative estimate of drug-likeness (QED) is 0.536. The smallest absolute Gasteiger partial charge is 0.327 e. The molecule has 0 saturated heterocycles. The SMILES string of the molecule is CCOC(=O)Cn1nc(COCc2ccccc2)c2cc(Br)ccc2c1=O. The van der Waals surface area contributed by atoms with E-state index in [4.69, 9.17) is 9.47 Å². The molecular formula is C20H19BrN2O4. The van der Waals surface area contributed by atoms with Crippen molar-refractivity contribution < 1.29 is 14.3 Å². The lowest BCUT2D eigenvalue weighted by molar-refractivity contribution is -0.144. The van der Waals surface area contributed by atoms with Gasteiger partial charge in [0.15, 0.2) is 0 Å².